The topological polar surface area (TPSA) is 63.1 Å². The maximum Gasteiger partial charge on any atom is 0.230 e. The molecule has 1 aliphatic heterocycles. The van der Waals surface area contributed by atoms with Gasteiger partial charge in [0.2, 0.25) is 5.91 Å². The van der Waals surface area contributed by atoms with E-state index in [0.717, 1.165) is 36.2 Å². The molecule has 0 saturated carbocycles. The Morgan fingerprint density at radius 2 is 1.55 bits per heavy atom. The highest BCUT2D eigenvalue weighted by atomic mass is 32.2. The lowest BCUT2D eigenvalue weighted by Crippen LogP contribution is -2.30. The molecule has 3 aromatic rings. The van der Waals surface area contributed by atoms with Crippen LogP contribution in [0.3, 0.4) is 0 Å². The summed E-state index contributed by atoms with van der Waals surface area (Å²) in [5.41, 5.74) is 2.30. The molecular weight excluding hydrogens is 406 g/mol. The second-order valence-electron chi connectivity index (χ2n) is 7.86. The van der Waals surface area contributed by atoms with Gasteiger partial charge >= 0.3 is 0 Å². The number of nitrogens with zero attached hydrogens (tertiary/aromatic N) is 4. The second kappa shape index (κ2) is 11.1. The summed E-state index contributed by atoms with van der Waals surface area (Å²) in [7, 11) is 0. The Kier molecular flexibility index (Phi) is 7.74. The fraction of sp³-hybridized carbons (Fsp3) is 0.375. The van der Waals surface area contributed by atoms with Crippen molar-refractivity contribution in [2.75, 3.05) is 18.8 Å². The number of aromatic nitrogens is 3. The van der Waals surface area contributed by atoms with E-state index in [0.29, 0.717) is 18.8 Å². The number of carbonyl (C=O) groups is 1. The number of nitrogens with one attached hydrogen (secondary N) is 1. The summed E-state index contributed by atoms with van der Waals surface area (Å²) in [6.45, 7) is 4.29. The van der Waals surface area contributed by atoms with Crippen LogP contribution in [0, 0.1) is 0 Å². The molecule has 31 heavy (non-hydrogen) atoms. The molecule has 0 radical (unpaired) electrons. The molecular formula is C24H29N5OS. The van der Waals surface area contributed by atoms with Gasteiger partial charge in [0.25, 0.3) is 0 Å². The molecule has 0 bridgehead atoms. The molecule has 1 amide bonds. The number of likely N-dealkylation sites (tertiary alicyclic amines) is 1. The van der Waals surface area contributed by atoms with Gasteiger partial charge in [-0.05, 0) is 37.1 Å². The van der Waals surface area contributed by atoms with Crippen molar-refractivity contribution in [2.45, 2.75) is 44.1 Å². The van der Waals surface area contributed by atoms with Crippen LogP contribution in [0.1, 0.15) is 36.2 Å². The van der Waals surface area contributed by atoms with Gasteiger partial charge in [0.15, 0.2) is 5.16 Å². The van der Waals surface area contributed by atoms with E-state index in [1.165, 1.54) is 36.6 Å². The molecule has 7 heteroatoms. The second-order valence-corrected chi connectivity index (χ2v) is 8.80. The molecule has 1 N–H and O–H groups in total. The van der Waals surface area contributed by atoms with Crippen molar-refractivity contribution in [2.24, 2.45) is 0 Å². The third kappa shape index (κ3) is 6.42. The van der Waals surface area contributed by atoms with Crippen molar-refractivity contribution < 1.29 is 4.79 Å². The van der Waals surface area contributed by atoms with Crippen LogP contribution in [-0.4, -0.2) is 44.4 Å². The fourth-order valence-corrected chi connectivity index (χ4v) is 4.55. The molecule has 2 heterocycles. The van der Waals surface area contributed by atoms with Gasteiger partial charge in [0, 0.05) is 6.54 Å². The fourth-order valence-electron chi connectivity index (χ4n) is 3.76. The zero-order valence-electron chi connectivity index (χ0n) is 17.7. The van der Waals surface area contributed by atoms with Crippen molar-refractivity contribution in [1.29, 1.82) is 0 Å². The molecule has 162 valence electrons. The van der Waals surface area contributed by atoms with E-state index in [1.807, 2.05) is 48.5 Å². The van der Waals surface area contributed by atoms with Crippen molar-refractivity contribution in [3.05, 3.63) is 77.6 Å². The van der Waals surface area contributed by atoms with Crippen molar-refractivity contribution in [3.63, 3.8) is 0 Å². The first-order valence-electron chi connectivity index (χ1n) is 10.9. The molecule has 0 spiro atoms. The maximum atomic E-state index is 12.4. The van der Waals surface area contributed by atoms with Gasteiger partial charge in [-0.25, -0.2) is 0 Å². The van der Waals surface area contributed by atoms with Crippen LogP contribution in [0.4, 0.5) is 0 Å². The minimum Gasteiger partial charge on any atom is -0.351 e. The van der Waals surface area contributed by atoms with Gasteiger partial charge in [-0.1, -0.05) is 78.8 Å². The summed E-state index contributed by atoms with van der Waals surface area (Å²) >= 11 is 1.45. The molecule has 1 saturated heterocycles. The number of piperidine rings is 1. The summed E-state index contributed by atoms with van der Waals surface area (Å²) < 4.78 is 2.17. The Morgan fingerprint density at radius 1 is 0.871 bits per heavy atom. The lowest BCUT2D eigenvalue weighted by atomic mass is 10.1. The van der Waals surface area contributed by atoms with E-state index in [-0.39, 0.29) is 5.91 Å². The van der Waals surface area contributed by atoms with Gasteiger partial charge in [-0.15, -0.1) is 10.2 Å². The highest BCUT2D eigenvalue weighted by Gasteiger charge is 2.18. The molecule has 1 aromatic heterocycles. The highest BCUT2D eigenvalue weighted by molar-refractivity contribution is 7.99. The number of hydrogen-bond acceptors (Lipinski definition) is 5. The monoisotopic (exact) mass is 435 g/mol. The van der Waals surface area contributed by atoms with E-state index in [9.17, 15) is 4.79 Å². The predicted octanol–water partition coefficient (Wildman–Crippen LogP) is 3.72. The number of amides is 1. The highest BCUT2D eigenvalue weighted by Crippen LogP contribution is 2.21. The first-order valence-corrected chi connectivity index (χ1v) is 11.9. The van der Waals surface area contributed by atoms with Crippen LogP contribution in [0.5, 0.6) is 0 Å². The number of carbonyl (C=O) groups excluding carboxylic acids is 1. The zero-order chi connectivity index (χ0) is 21.3. The number of rotatable bonds is 9. The molecule has 0 atom stereocenters. The first-order chi connectivity index (χ1) is 15.3. The van der Waals surface area contributed by atoms with Crippen molar-refractivity contribution in [3.8, 4) is 0 Å². The molecule has 4 rings (SSSR count). The Morgan fingerprint density at radius 3 is 2.26 bits per heavy atom. The van der Waals surface area contributed by atoms with Crippen LogP contribution in [0.15, 0.2) is 65.8 Å². The number of hydrogen-bond donors (Lipinski definition) is 1. The van der Waals surface area contributed by atoms with E-state index < -0.39 is 0 Å². The lowest BCUT2D eigenvalue weighted by Gasteiger charge is -2.26. The Hall–Kier alpha value is -2.64. The average molecular weight is 436 g/mol. The minimum absolute atomic E-state index is 0.000643. The van der Waals surface area contributed by atoms with Crippen LogP contribution in [0.25, 0.3) is 0 Å². The summed E-state index contributed by atoms with van der Waals surface area (Å²) in [5, 5.41) is 12.7. The first kappa shape index (κ1) is 21.6. The molecule has 1 fully saturated rings. The van der Waals surface area contributed by atoms with Crippen molar-refractivity contribution >= 4 is 17.7 Å². The Labute approximate surface area is 188 Å². The van der Waals surface area contributed by atoms with Gasteiger partial charge < -0.3 is 9.88 Å². The minimum atomic E-state index is 0.000643. The normalized spacial score (nSPS) is 14.5. The molecule has 2 aromatic carbocycles. The largest absolute Gasteiger partial charge is 0.351 e. The third-order valence-corrected chi connectivity index (χ3v) is 6.42. The maximum absolute atomic E-state index is 12.4. The number of thioether (sulfide) groups is 1. The van der Waals surface area contributed by atoms with Gasteiger partial charge in [0.05, 0.1) is 18.8 Å². The summed E-state index contributed by atoms with van der Waals surface area (Å²) in [6, 6.07) is 20.3. The van der Waals surface area contributed by atoms with Crippen LogP contribution >= 0.6 is 11.8 Å². The van der Waals surface area contributed by atoms with Crippen LogP contribution in [0.2, 0.25) is 0 Å². The van der Waals surface area contributed by atoms with E-state index in [1.54, 1.807) is 0 Å². The Bertz CT molecular complexity index is 955. The van der Waals surface area contributed by atoms with Gasteiger partial charge in [-0.3, -0.25) is 9.69 Å². The van der Waals surface area contributed by atoms with Crippen LogP contribution in [-0.2, 0) is 24.4 Å². The molecule has 6 nitrogen and oxygen atoms in total. The van der Waals surface area contributed by atoms with E-state index in [4.69, 9.17) is 0 Å². The summed E-state index contributed by atoms with van der Waals surface area (Å²) in [5.74, 6) is 1.29. The molecule has 0 aliphatic carbocycles. The standard InChI is InChI=1S/C24H29N5OS/c30-23(25-16-20-10-4-1-5-11-20)19-31-24-27-26-22(18-28-14-8-3-9-15-28)29(24)17-21-12-6-2-7-13-21/h1-2,4-7,10-13H,3,8-9,14-19H2,(H,25,30). The predicted molar refractivity (Wildman–Crippen MR) is 124 cm³/mol. The number of benzene rings is 2. The van der Waals surface area contributed by atoms with Gasteiger partial charge in [0.1, 0.15) is 5.82 Å². The third-order valence-electron chi connectivity index (χ3n) is 5.46. The quantitative estimate of drug-likeness (QED) is 0.519. The zero-order valence-corrected chi connectivity index (χ0v) is 18.6. The lowest BCUT2D eigenvalue weighted by molar-refractivity contribution is -0.118. The van der Waals surface area contributed by atoms with E-state index >= 15 is 0 Å². The molecule has 1 aliphatic rings. The average Bonchev–Trinajstić information content (AvgIpc) is 3.19. The van der Waals surface area contributed by atoms with Gasteiger partial charge in [-0.2, -0.15) is 0 Å². The van der Waals surface area contributed by atoms with Crippen molar-refractivity contribution in [1.82, 2.24) is 25.0 Å². The smallest absolute Gasteiger partial charge is 0.230 e. The van der Waals surface area contributed by atoms with E-state index in [2.05, 4.69) is 37.1 Å². The SMILES string of the molecule is O=C(CSc1nnc(CN2CCCCC2)n1Cc1ccccc1)NCc1ccccc1. The summed E-state index contributed by atoms with van der Waals surface area (Å²) in [4.78, 5) is 14.8. The van der Waals surface area contributed by atoms with Crippen LogP contribution < -0.4 is 5.32 Å². The molecule has 0 unspecified atom stereocenters. The summed E-state index contributed by atoms with van der Waals surface area (Å²) in [6.07, 6.45) is 3.80. The Balaban J connectivity index is 1.41.